The maximum absolute atomic E-state index is 9.88. The van der Waals surface area contributed by atoms with E-state index in [4.69, 9.17) is 15.1 Å². The van der Waals surface area contributed by atoms with E-state index in [2.05, 4.69) is 0 Å². The van der Waals surface area contributed by atoms with Crippen molar-refractivity contribution < 1.29 is 20.1 Å². The molecule has 1 aromatic rings. The van der Waals surface area contributed by atoms with E-state index in [0.717, 1.165) is 0 Å². The highest BCUT2D eigenvalue weighted by Crippen LogP contribution is 2.26. The number of nitriles is 1. The number of benzene rings is 1. The van der Waals surface area contributed by atoms with E-state index in [9.17, 15) is 10.2 Å². The highest BCUT2D eigenvalue weighted by atomic mass is 16.5. The molecule has 0 aromatic heterocycles. The summed E-state index contributed by atoms with van der Waals surface area (Å²) >= 11 is 0. The van der Waals surface area contributed by atoms with Crippen LogP contribution in [0.4, 0.5) is 0 Å². The van der Waals surface area contributed by atoms with E-state index < -0.39 is 12.2 Å². The van der Waals surface area contributed by atoms with Gasteiger partial charge in [-0.15, -0.1) is 0 Å². The van der Waals surface area contributed by atoms with E-state index in [-0.39, 0.29) is 18.6 Å². The molecular formula is C12H15NO4. The first-order valence-corrected chi connectivity index (χ1v) is 5.19. The standard InChI is InChI=1S/C12H15NO4/c1-17-9-3-2-8(7-13)10(6-9)12(16)11(15)4-5-14/h2-3,6,11-12,14-16H,4-5H2,1H3. The van der Waals surface area contributed by atoms with Crippen molar-refractivity contribution in [3.8, 4) is 11.8 Å². The van der Waals surface area contributed by atoms with Crippen LogP contribution >= 0.6 is 0 Å². The molecule has 0 fully saturated rings. The third-order valence-electron chi connectivity index (χ3n) is 2.49. The second-order valence-electron chi connectivity index (χ2n) is 3.59. The molecule has 5 heteroatoms. The van der Waals surface area contributed by atoms with E-state index in [1.54, 1.807) is 6.07 Å². The minimum atomic E-state index is -1.22. The van der Waals surface area contributed by atoms with Gasteiger partial charge in [-0.05, 0) is 24.6 Å². The van der Waals surface area contributed by atoms with E-state index in [1.807, 2.05) is 6.07 Å². The Bertz CT molecular complexity index is 413. The average molecular weight is 237 g/mol. The first-order valence-electron chi connectivity index (χ1n) is 5.19. The average Bonchev–Trinajstić information content (AvgIpc) is 2.37. The van der Waals surface area contributed by atoms with E-state index in [0.29, 0.717) is 11.3 Å². The van der Waals surface area contributed by atoms with Gasteiger partial charge in [-0.1, -0.05) is 0 Å². The molecule has 0 bridgehead atoms. The van der Waals surface area contributed by atoms with Crippen LogP contribution < -0.4 is 4.74 Å². The summed E-state index contributed by atoms with van der Waals surface area (Å²) in [6.07, 6.45) is -2.28. The van der Waals surface area contributed by atoms with Crippen LogP contribution in [0.2, 0.25) is 0 Å². The van der Waals surface area contributed by atoms with Gasteiger partial charge in [0, 0.05) is 12.2 Å². The maximum atomic E-state index is 9.88. The number of ether oxygens (including phenoxy) is 1. The Morgan fingerprint density at radius 3 is 2.65 bits per heavy atom. The highest BCUT2D eigenvalue weighted by Gasteiger charge is 2.21. The normalized spacial score (nSPS) is 13.8. The first kappa shape index (κ1) is 13.5. The van der Waals surface area contributed by atoms with E-state index >= 15 is 0 Å². The Balaban J connectivity index is 3.05. The molecule has 3 N–H and O–H groups in total. The predicted octanol–water partition coefficient (Wildman–Crippen LogP) is 0.344. The van der Waals surface area contributed by atoms with Crippen LogP contribution in [0.25, 0.3) is 0 Å². The molecule has 17 heavy (non-hydrogen) atoms. The molecule has 0 saturated heterocycles. The lowest BCUT2D eigenvalue weighted by Gasteiger charge is -2.18. The number of nitrogens with zero attached hydrogens (tertiary/aromatic N) is 1. The molecule has 2 unspecified atom stereocenters. The van der Waals surface area contributed by atoms with Gasteiger partial charge < -0.3 is 20.1 Å². The van der Waals surface area contributed by atoms with Crippen molar-refractivity contribution in [1.29, 1.82) is 5.26 Å². The zero-order valence-electron chi connectivity index (χ0n) is 9.50. The first-order chi connectivity index (χ1) is 8.13. The molecule has 2 atom stereocenters. The summed E-state index contributed by atoms with van der Waals surface area (Å²) in [5.74, 6) is 0.495. The third kappa shape index (κ3) is 3.17. The molecule has 0 spiro atoms. The van der Waals surface area contributed by atoms with Crippen LogP contribution in [-0.4, -0.2) is 35.1 Å². The van der Waals surface area contributed by atoms with Gasteiger partial charge in [0.2, 0.25) is 0 Å². The Kier molecular flexibility index (Phi) is 4.91. The van der Waals surface area contributed by atoms with E-state index in [1.165, 1.54) is 19.2 Å². The lowest BCUT2D eigenvalue weighted by molar-refractivity contribution is 0.00399. The molecule has 1 aromatic carbocycles. The van der Waals surface area contributed by atoms with Crippen molar-refractivity contribution in [2.75, 3.05) is 13.7 Å². The molecule has 0 aliphatic carbocycles. The van der Waals surface area contributed by atoms with Gasteiger partial charge in [-0.3, -0.25) is 0 Å². The predicted molar refractivity (Wildman–Crippen MR) is 60.4 cm³/mol. The van der Waals surface area contributed by atoms with Crippen LogP contribution in [0.3, 0.4) is 0 Å². The monoisotopic (exact) mass is 237 g/mol. The summed E-state index contributed by atoms with van der Waals surface area (Å²) in [4.78, 5) is 0. The molecule has 0 aliphatic rings. The zero-order chi connectivity index (χ0) is 12.8. The molecule has 92 valence electrons. The van der Waals surface area contributed by atoms with Crippen LogP contribution in [-0.2, 0) is 0 Å². The van der Waals surface area contributed by atoms with Gasteiger partial charge in [-0.25, -0.2) is 0 Å². The van der Waals surface area contributed by atoms with Crippen molar-refractivity contribution in [1.82, 2.24) is 0 Å². The molecule has 0 aliphatic heterocycles. The summed E-state index contributed by atoms with van der Waals surface area (Å²) in [5, 5.41) is 37.1. The molecule has 0 radical (unpaired) electrons. The summed E-state index contributed by atoms with van der Waals surface area (Å²) in [5.41, 5.74) is 0.572. The third-order valence-corrected chi connectivity index (χ3v) is 2.49. The SMILES string of the molecule is COc1ccc(C#N)c(C(O)C(O)CCO)c1. The number of hydrogen-bond donors (Lipinski definition) is 3. The number of aliphatic hydroxyl groups excluding tert-OH is 3. The summed E-state index contributed by atoms with van der Waals surface area (Å²) in [7, 11) is 1.47. The van der Waals surface area contributed by atoms with Crippen molar-refractivity contribution >= 4 is 0 Å². The zero-order valence-corrected chi connectivity index (χ0v) is 9.50. The van der Waals surface area contributed by atoms with Crippen LogP contribution in [0.1, 0.15) is 23.7 Å². The van der Waals surface area contributed by atoms with Gasteiger partial charge >= 0.3 is 0 Å². The quantitative estimate of drug-likeness (QED) is 0.686. The molecule has 0 heterocycles. The lowest BCUT2D eigenvalue weighted by atomic mass is 9.97. The minimum absolute atomic E-state index is 0.0449. The van der Waals surface area contributed by atoms with Crippen LogP contribution in [0.15, 0.2) is 18.2 Å². The Morgan fingerprint density at radius 2 is 2.12 bits per heavy atom. The van der Waals surface area contributed by atoms with Gasteiger partial charge in [0.15, 0.2) is 0 Å². The van der Waals surface area contributed by atoms with Crippen molar-refractivity contribution in [2.24, 2.45) is 0 Å². The largest absolute Gasteiger partial charge is 0.497 e. The summed E-state index contributed by atoms with van der Waals surface area (Å²) in [6.45, 7) is -0.232. The summed E-state index contributed by atoms with van der Waals surface area (Å²) in [6, 6.07) is 6.56. The van der Waals surface area contributed by atoms with Crippen molar-refractivity contribution in [3.05, 3.63) is 29.3 Å². The fourth-order valence-corrected chi connectivity index (χ4v) is 1.51. The molecule has 5 nitrogen and oxygen atoms in total. The Hall–Kier alpha value is -1.61. The maximum Gasteiger partial charge on any atom is 0.119 e. The second-order valence-corrected chi connectivity index (χ2v) is 3.59. The fraction of sp³-hybridized carbons (Fsp3) is 0.417. The van der Waals surface area contributed by atoms with Crippen molar-refractivity contribution in [3.63, 3.8) is 0 Å². The summed E-state index contributed by atoms with van der Waals surface area (Å²) < 4.78 is 4.99. The molecule has 1 rings (SSSR count). The Labute approximate surface area is 99.5 Å². The van der Waals surface area contributed by atoms with Gasteiger partial charge in [0.25, 0.3) is 0 Å². The number of hydrogen-bond acceptors (Lipinski definition) is 5. The van der Waals surface area contributed by atoms with Gasteiger partial charge in [0.05, 0.1) is 24.8 Å². The highest BCUT2D eigenvalue weighted by molar-refractivity contribution is 5.44. The Morgan fingerprint density at radius 1 is 1.41 bits per heavy atom. The topological polar surface area (TPSA) is 93.7 Å². The smallest absolute Gasteiger partial charge is 0.119 e. The number of methoxy groups -OCH3 is 1. The molecular weight excluding hydrogens is 222 g/mol. The van der Waals surface area contributed by atoms with Crippen LogP contribution in [0.5, 0.6) is 5.75 Å². The number of rotatable bonds is 5. The second kappa shape index (κ2) is 6.21. The molecule has 0 amide bonds. The fourth-order valence-electron chi connectivity index (χ4n) is 1.51. The van der Waals surface area contributed by atoms with Gasteiger partial charge in [0.1, 0.15) is 11.9 Å². The lowest BCUT2D eigenvalue weighted by Crippen LogP contribution is -2.20. The minimum Gasteiger partial charge on any atom is -0.497 e. The van der Waals surface area contributed by atoms with Gasteiger partial charge in [-0.2, -0.15) is 5.26 Å². The van der Waals surface area contributed by atoms with Crippen LogP contribution in [0, 0.1) is 11.3 Å². The van der Waals surface area contributed by atoms with Crippen molar-refractivity contribution in [2.45, 2.75) is 18.6 Å². The molecule has 0 saturated carbocycles. The number of aliphatic hydroxyl groups is 3.